The van der Waals surface area contributed by atoms with E-state index in [2.05, 4.69) is 27.1 Å². The van der Waals surface area contributed by atoms with Crippen LogP contribution in [-0.4, -0.2) is 86.1 Å². The van der Waals surface area contributed by atoms with E-state index in [4.69, 9.17) is 0 Å². The second kappa shape index (κ2) is 9.20. The van der Waals surface area contributed by atoms with Crippen LogP contribution in [0.4, 0.5) is 5.69 Å². The highest BCUT2D eigenvalue weighted by Gasteiger charge is 2.43. The van der Waals surface area contributed by atoms with E-state index in [1.165, 1.54) is 5.56 Å². The molecule has 3 atom stereocenters. The third kappa shape index (κ3) is 4.07. The van der Waals surface area contributed by atoms with Gasteiger partial charge in [-0.05, 0) is 31.0 Å². The average Bonchev–Trinajstić information content (AvgIpc) is 3.38. The lowest BCUT2D eigenvalue weighted by atomic mass is 9.89. The van der Waals surface area contributed by atoms with E-state index in [1.807, 2.05) is 28.0 Å². The summed E-state index contributed by atoms with van der Waals surface area (Å²) in [6, 6.07) is 8.39. The number of carbonyl (C=O) groups excluding carboxylic acids is 2. The monoisotopic (exact) mass is 434 g/mol. The second-order valence-corrected chi connectivity index (χ2v) is 8.56. The lowest BCUT2D eigenvalue weighted by Gasteiger charge is -2.37. The number of hydrogen-bond acceptors (Lipinski definition) is 6. The maximum absolute atomic E-state index is 13.0. The molecule has 3 N–H and O–H groups in total. The maximum atomic E-state index is 13.0. The molecule has 3 fully saturated rings. The van der Waals surface area contributed by atoms with E-state index in [1.54, 1.807) is 0 Å². The van der Waals surface area contributed by atoms with Gasteiger partial charge in [-0.2, -0.15) is 0 Å². The zero-order chi connectivity index (χ0) is 19.8. The smallest absolute Gasteiger partial charge is 0.241 e. The molecule has 0 saturated carbocycles. The Morgan fingerprint density at radius 3 is 2.67 bits per heavy atom. The van der Waals surface area contributed by atoms with Crippen LogP contribution < -0.4 is 21.1 Å². The van der Waals surface area contributed by atoms with Crippen LogP contribution in [0.3, 0.4) is 0 Å². The highest BCUT2D eigenvalue weighted by Crippen LogP contribution is 2.27. The lowest BCUT2D eigenvalue weighted by molar-refractivity contribution is -0.136. The number of carbonyl (C=O) groups is 2. The number of nitrogens with zero attached hydrogens (tertiary/aromatic N) is 3. The van der Waals surface area contributed by atoms with E-state index < -0.39 is 0 Å². The number of amides is 2. The van der Waals surface area contributed by atoms with E-state index in [9.17, 15) is 9.59 Å². The van der Waals surface area contributed by atoms with Gasteiger partial charge in [0.2, 0.25) is 11.8 Å². The molecule has 5 rings (SSSR count). The first-order chi connectivity index (χ1) is 14.2. The molecule has 0 bridgehead atoms. The molecular weight excluding hydrogens is 404 g/mol. The Morgan fingerprint density at radius 2 is 1.83 bits per heavy atom. The van der Waals surface area contributed by atoms with Gasteiger partial charge < -0.3 is 15.1 Å². The number of benzene rings is 1. The molecule has 1 aromatic carbocycles. The van der Waals surface area contributed by atoms with Gasteiger partial charge in [0.1, 0.15) is 6.04 Å². The Bertz CT molecular complexity index is 785. The summed E-state index contributed by atoms with van der Waals surface area (Å²) < 4.78 is 0. The van der Waals surface area contributed by atoms with Gasteiger partial charge >= 0.3 is 0 Å². The number of para-hydroxylation sites is 1. The summed E-state index contributed by atoms with van der Waals surface area (Å²) in [6.07, 6.45) is 1.99. The Balaban J connectivity index is 0.00000218. The van der Waals surface area contributed by atoms with Crippen LogP contribution >= 0.6 is 12.4 Å². The van der Waals surface area contributed by atoms with Crippen LogP contribution in [0.1, 0.15) is 12.0 Å². The van der Waals surface area contributed by atoms with Gasteiger partial charge in [0.05, 0.1) is 6.54 Å². The Morgan fingerprint density at radius 1 is 1.03 bits per heavy atom. The molecule has 0 aromatic heterocycles. The van der Waals surface area contributed by atoms with Crippen LogP contribution in [-0.2, 0) is 16.0 Å². The van der Waals surface area contributed by atoms with Gasteiger partial charge in [0.15, 0.2) is 0 Å². The van der Waals surface area contributed by atoms with Crippen molar-refractivity contribution < 1.29 is 9.59 Å². The molecule has 8 nitrogen and oxygen atoms in total. The van der Waals surface area contributed by atoms with Crippen molar-refractivity contribution in [1.29, 1.82) is 0 Å². The van der Waals surface area contributed by atoms with Crippen molar-refractivity contribution in [1.82, 2.24) is 26.0 Å². The Kier molecular flexibility index (Phi) is 6.60. The topological polar surface area (TPSA) is 80.0 Å². The highest BCUT2D eigenvalue weighted by molar-refractivity contribution is 5.96. The van der Waals surface area contributed by atoms with E-state index in [0.717, 1.165) is 51.3 Å². The molecule has 0 radical (unpaired) electrons. The van der Waals surface area contributed by atoms with Gasteiger partial charge in [-0.15, -0.1) is 12.4 Å². The molecule has 4 heterocycles. The number of rotatable bonds is 3. The molecule has 164 valence electrons. The van der Waals surface area contributed by atoms with Gasteiger partial charge in [0.25, 0.3) is 0 Å². The van der Waals surface area contributed by atoms with Crippen molar-refractivity contribution in [3.05, 3.63) is 29.8 Å². The fraction of sp³-hybridized carbons (Fsp3) is 0.619. The van der Waals surface area contributed by atoms with Crippen LogP contribution in [0.25, 0.3) is 0 Å². The Labute approximate surface area is 183 Å². The van der Waals surface area contributed by atoms with Crippen LogP contribution in [0.2, 0.25) is 0 Å². The lowest BCUT2D eigenvalue weighted by Crippen LogP contribution is -2.56. The molecule has 3 saturated heterocycles. The number of nitrogens with one attached hydrogen (secondary N) is 3. The first kappa shape index (κ1) is 21.5. The minimum atomic E-state index is -0.151. The van der Waals surface area contributed by atoms with Crippen molar-refractivity contribution in [2.24, 2.45) is 5.92 Å². The van der Waals surface area contributed by atoms with Crippen molar-refractivity contribution in [3.8, 4) is 0 Å². The van der Waals surface area contributed by atoms with E-state index in [-0.39, 0.29) is 30.3 Å². The zero-order valence-electron chi connectivity index (χ0n) is 17.2. The van der Waals surface area contributed by atoms with Crippen LogP contribution in [0.5, 0.6) is 0 Å². The average molecular weight is 435 g/mol. The summed E-state index contributed by atoms with van der Waals surface area (Å²) in [5.74, 6) is 0.659. The quantitative estimate of drug-likeness (QED) is 0.600. The largest absolute Gasteiger partial charge is 0.339 e. The molecule has 30 heavy (non-hydrogen) atoms. The molecule has 2 amide bonds. The molecule has 9 heteroatoms. The molecular formula is C21H31ClN6O2. The molecule has 4 aliphatic heterocycles. The van der Waals surface area contributed by atoms with Gasteiger partial charge in [-0.1, -0.05) is 18.2 Å². The minimum absolute atomic E-state index is 0. The third-order valence-electron chi connectivity index (χ3n) is 6.88. The number of hydrazine groups is 1. The fourth-order valence-corrected chi connectivity index (χ4v) is 5.16. The second-order valence-electron chi connectivity index (χ2n) is 8.56. The number of anilines is 1. The SMILES string of the molecule is Cl.O=C(C1NNC2CCNCC21)N1CCN(CC(=O)N2CCc3ccccc32)CC1. The van der Waals surface area contributed by atoms with Crippen LogP contribution in [0.15, 0.2) is 24.3 Å². The predicted molar refractivity (Wildman–Crippen MR) is 118 cm³/mol. The third-order valence-corrected chi connectivity index (χ3v) is 6.88. The minimum Gasteiger partial charge on any atom is -0.339 e. The van der Waals surface area contributed by atoms with Gasteiger partial charge in [-0.3, -0.25) is 19.9 Å². The van der Waals surface area contributed by atoms with E-state index >= 15 is 0 Å². The standard InChI is InChI=1S/C21H30N6O2.ClH/c28-19(27-8-6-15-3-1-2-4-18(15)27)14-25-9-11-26(12-10-25)21(29)20-16-13-22-7-5-17(16)23-24-20;/h1-4,16-17,20,22-24H,5-14H2;1H. The fourth-order valence-electron chi connectivity index (χ4n) is 5.16. The molecule has 0 spiro atoms. The number of fused-ring (bicyclic) bond motifs is 2. The van der Waals surface area contributed by atoms with Gasteiger partial charge in [0, 0.05) is 56.9 Å². The zero-order valence-corrected chi connectivity index (χ0v) is 18.0. The summed E-state index contributed by atoms with van der Waals surface area (Å²) in [5, 5.41) is 3.41. The normalized spacial score (nSPS) is 28.6. The number of piperazine rings is 1. The predicted octanol–water partition coefficient (Wildman–Crippen LogP) is -0.404. The summed E-state index contributed by atoms with van der Waals surface area (Å²) >= 11 is 0. The molecule has 4 aliphatic rings. The summed E-state index contributed by atoms with van der Waals surface area (Å²) in [6.45, 7) is 5.95. The van der Waals surface area contributed by atoms with Crippen molar-refractivity contribution >= 4 is 29.9 Å². The maximum Gasteiger partial charge on any atom is 0.241 e. The first-order valence-electron chi connectivity index (χ1n) is 10.8. The van der Waals surface area contributed by atoms with Gasteiger partial charge in [-0.25, -0.2) is 5.43 Å². The molecule has 3 unspecified atom stereocenters. The Hall–Kier alpha value is -1.71. The van der Waals surface area contributed by atoms with E-state index in [0.29, 0.717) is 31.6 Å². The number of hydrogen-bond donors (Lipinski definition) is 3. The highest BCUT2D eigenvalue weighted by atomic mass is 35.5. The number of piperidine rings is 1. The van der Waals surface area contributed by atoms with Crippen molar-refractivity contribution in [3.63, 3.8) is 0 Å². The summed E-state index contributed by atoms with van der Waals surface area (Å²) in [4.78, 5) is 31.9. The summed E-state index contributed by atoms with van der Waals surface area (Å²) in [7, 11) is 0. The molecule has 1 aromatic rings. The summed E-state index contributed by atoms with van der Waals surface area (Å²) in [5.41, 5.74) is 8.85. The first-order valence-corrected chi connectivity index (χ1v) is 10.8. The van der Waals surface area contributed by atoms with Crippen LogP contribution in [0, 0.1) is 5.92 Å². The van der Waals surface area contributed by atoms with Crippen molar-refractivity contribution in [2.75, 3.05) is 57.3 Å². The number of halogens is 1. The van der Waals surface area contributed by atoms with Crippen molar-refractivity contribution in [2.45, 2.75) is 24.9 Å². The molecule has 0 aliphatic carbocycles.